The number of alkyl halides is 2. The highest BCUT2D eigenvalue weighted by atomic mass is 19.3. The third-order valence-corrected chi connectivity index (χ3v) is 11.6. The first-order valence-electron chi connectivity index (χ1n) is 20.7. The number of unbranched alkanes of at least 4 members (excludes halogenated alkanes) is 4. The van der Waals surface area contributed by atoms with E-state index in [0.717, 1.165) is 48.0 Å². The van der Waals surface area contributed by atoms with E-state index in [0.29, 0.717) is 32.1 Å². The molecule has 20 heteroatoms. The number of piperidine rings is 1. The van der Waals surface area contributed by atoms with Gasteiger partial charge in [-0.3, -0.25) is 39.0 Å². The SMILES string of the molecule is COc1cc(C(=O)NCCCCCCCC(O)Nc2cccc3c2C(=O)N(C2CCC(=O)NC2=O)C3=O)c(F)cc1Nc1ncc2c(n1)N(C1CCCC1)CC(F)(F)C(=O)N2C. The van der Waals surface area contributed by atoms with Crippen molar-refractivity contribution in [3.8, 4) is 5.75 Å². The lowest BCUT2D eigenvalue weighted by atomic mass is 10.0. The molecule has 1 aromatic heterocycles. The van der Waals surface area contributed by atoms with Crippen LogP contribution >= 0.6 is 0 Å². The van der Waals surface area contributed by atoms with Crippen molar-refractivity contribution in [3.05, 3.63) is 59.0 Å². The summed E-state index contributed by atoms with van der Waals surface area (Å²) >= 11 is 0. The first-order chi connectivity index (χ1) is 29.7. The quantitative estimate of drug-likeness (QED) is 0.0756. The highest BCUT2D eigenvalue weighted by Gasteiger charge is 2.49. The summed E-state index contributed by atoms with van der Waals surface area (Å²) in [6.07, 6.45) is 7.13. The van der Waals surface area contributed by atoms with E-state index in [-0.39, 0.29) is 76.7 Å². The molecule has 1 saturated heterocycles. The predicted octanol–water partition coefficient (Wildman–Crippen LogP) is 4.63. The Labute approximate surface area is 354 Å². The Bertz CT molecular complexity index is 2270. The standard InChI is InChI=1S/C42H48F3N9O8/c1-52-30-21-47-41(51-35(30)53(23-11-7-8-12-23)22-42(44,45)40(52)61)49-28-20-26(43)25(19-31(28)62-2)36(57)46-18-9-5-3-4-6-15-32(55)48-27-14-10-13-24-34(27)39(60)54(38(24)59)29-16-17-33(56)50-37(29)58/h10,13-14,19-21,23,29,32,48,55H,3-9,11-12,15-18,22H2,1-2H3,(H,46,57)(H,47,49,51)(H,50,56,58). The molecule has 0 radical (unpaired) electrons. The lowest BCUT2D eigenvalue weighted by Crippen LogP contribution is -2.54. The summed E-state index contributed by atoms with van der Waals surface area (Å²) in [7, 11) is 2.59. The molecule has 2 unspecified atom stereocenters. The number of aromatic nitrogens is 2. The molecule has 330 valence electrons. The van der Waals surface area contributed by atoms with Crippen LogP contribution in [0.5, 0.6) is 5.75 Å². The Morgan fingerprint density at radius 2 is 1.76 bits per heavy atom. The van der Waals surface area contributed by atoms with Crippen LogP contribution in [-0.4, -0.2) is 107 Å². The molecule has 2 aromatic carbocycles. The fourth-order valence-electron chi connectivity index (χ4n) is 8.40. The van der Waals surface area contributed by atoms with Crippen LogP contribution in [0.25, 0.3) is 0 Å². The Hall–Kier alpha value is -6.31. The number of rotatable bonds is 16. The second-order valence-electron chi connectivity index (χ2n) is 15.8. The van der Waals surface area contributed by atoms with Gasteiger partial charge < -0.3 is 35.6 Å². The van der Waals surface area contributed by atoms with Crippen LogP contribution < -0.4 is 35.8 Å². The van der Waals surface area contributed by atoms with Crippen molar-refractivity contribution < 1.29 is 51.8 Å². The second-order valence-corrected chi connectivity index (χ2v) is 15.8. The molecule has 2 fully saturated rings. The van der Waals surface area contributed by atoms with Gasteiger partial charge in [-0.2, -0.15) is 13.8 Å². The van der Waals surface area contributed by atoms with E-state index in [4.69, 9.17) is 4.74 Å². The number of imide groups is 2. The Morgan fingerprint density at radius 1 is 1.02 bits per heavy atom. The van der Waals surface area contributed by atoms with Crippen LogP contribution in [0.2, 0.25) is 0 Å². The monoisotopic (exact) mass is 863 g/mol. The Morgan fingerprint density at radius 3 is 2.50 bits per heavy atom. The fraction of sp³-hybridized carbons (Fsp3) is 0.476. The first kappa shape index (κ1) is 43.8. The van der Waals surface area contributed by atoms with E-state index in [1.54, 1.807) is 12.1 Å². The van der Waals surface area contributed by atoms with Crippen LogP contribution in [0.15, 0.2) is 36.5 Å². The topological polar surface area (TPSA) is 216 Å². The van der Waals surface area contributed by atoms with Crippen LogP contribution in [0.1, 0.15) is 108 Å². The van der Waals surface area contributed by atoms with Gasteiger partial charge in [0.1, 0.15) is 29.5 Å². The predicted molar refractivity (Wildman–Crippen MR) is 219 cm³/mol. The highest BCUT2D eigenvalue weighted by molar-refractivity contribution is 6.25. The minimum atomic E-state index is -3.65. The number of aliphatic hydroxyl groups is 1. The summed E-state index contributed by atoms with van der Waals surface area (Å²) < 4.78 is 50.8. The van der Waals surface area contributed by atoms with E-state index in [1.807, 2.05) is 0 Å². The molecule has 0 spiro atoms. The van der Waals surface area contributed by atoms with E-state index in [1.165, 1.54) is 37.4 Å². The maximum Gasteiger partial charge on any atom is 0.342 e. The largest absolute Gasteiger partial charge is 0.495 e. The van der Waals surface area contributed by atoms with Gasteiger partial charge in [0.2, 0.25) is 17.8 Å². The number of nitrogens with one attached hydrogen (secondary N) is 4. The zero-order chi connectivity index (χ0) is 44.3. The molecule has 1 aliphatic carbocycles. The van der Waals surface area contributed by atoms with E-state index >= 15 is 4.39 Å². The minimum Gasteiger partial charge on any atom is -0.495 e. The second kappa shape index (κ2) is 18.3. The molecule has 0 bridgehead atoms. The average Bonchev–Trinajstić information content (AvgIpc) is 3.85. The van der Waals surface area contributed by atoms with Gasteiger partial charge in [-0.25, -0.2) is 9.37 Å². The fourth-order valence-corrected chi connectivity index (χ4v) is 8.40. The van der Waals surface area contributed by atoms with Crippen LogP contribution in [0.3, 0.4) is 0 Å². The molecular formula is C42H48F3N9O8. The summed E-state index contributed by atoms with van der Waals surface area (Å²) in [5.74, 6) is -8.80. The van der Waals surface area contributed by atoms with Gasteiger partial charge in [0.15, 0.2) is 5.82 Å². The number of carbonyl (C=O) groups is 6. The van der Waals surface area contributed by atoms with Gasteiger partial charge in [0.05, 0.1) is 42.2 Å². The van der Waals surface area contributed by atoms with Gasteiger partial charge in [-0.05, 0) is 56.7 Å². The molecule has 5 N–H and O–H groups in total. The van der Waals surface area contributed by atoms with Crippen molar-refractivity contribution in [2.45, 2.75) is 101 Å². The van der Waals surface area contributed by atoms with Gasteiger partial charge in [0.25, 0.3) is 23.6 Å². The van der Waals surface area contributed by atoms with E-state index < -0.39 is 66.0 Å². The number of benzene rings is 2. The van der Waals surface area contributed by atoms with Gasteiger partial charge in [-0.15, -0.1) is 0 Å². The maximum absolute atomic E-state index is 15.4. The van der Waals surface area contributed by atoms with Crippen molar-refractivity contribution in [2.75, 3.05) is 47.7 Å². The van der Waals surface area contributed by atoms with Crippen molar-refractivity contribution in [3.63, 3.8) is 0 Å². The smallest absolute Gasteiger partial charge is 0.342 e. The van der Waals surface area contributed by atoms with Gasteiger partial charge in [0, 0.05) is 37.8 Å². The molecule has 6 amide bonds. The number of hydrogen-bond donors (Lipinski definition) is 5. The summed E-state index contributed by atoms with van der Waals surface area (Å²) in [5.41, 5.74) is 0.370. The number of nitrogens with zero attached hydrogens (tertiary/aromatic N) is 5. The Kier molecular flexibility index (Phi) is 13.0. The Balaban J connectivity index is 0.869. The number of fused-ring (bicyclic) bond motifs is 2. The third kappa shape index (κ3) is 9.00. The van der Waals surface area contributed by atoms with Crippen LogP contribution in [-0.2, 0) is 14.4 Å². The molecule has 4 heterocycles. The molecule has 1 saturated carbocycles. The molecule has 17 nitrogen and oxygen atoms in total. The number of aliphatic hydroxyl groups excluding tert-OH is 1. The number of anilines is 5. The zero-order valence-electron chi connectivity index (χ0n) is 34.3. The molecule has 2 atom stereocenters. The van der Waals surface area contributed by atoms with E-state index in [2.05, 4.69) is 31.2 Å². The van der Waals surface area contributed by atoms with Crippen molar-refractivity contribution >= 4 is 64.3 Å². The summed E-state index contributed by atoms with van der Waals surface area (Å²) in [6.45, 7) is -0.567. The number of methoxy groups -OCH3 is 1. The highest BCUT2D eigenvalue weighted by Crippen LogP contribution is 2.40. The van der Waals surface area contributed by atoms with Crippen LogP contribution in [0, 0.1) is 5.82 Å². The molecular weight excluding hydrogens is 816 g/mol. The number of carbonyl (C=O) groups excluding carboxylic acids is 6. The van der Waals surface area contributed by atoms with Crippen molar-refractivity contribution in [1.82, 2.24) is 25.5 Å². The average molecular weight is 864 g/mol. The van der Waals surface area contributed by atoms with Gasteiger partial charge >= 0.3 is 5.92 Å². The molecule has 3 aromatic rings. The normalized spacial score (nSPS) is 19.2. The van der Waals surface area contributed by atoms with Crippen molar-refractivity contribution in [1.29, 1.82) is 0 Å². The maximum atomic E-state index is 15.4. The summed E-state index contributed by atoms with van der Waals surface area (Å²) in [4.78, 5) is 87.9. The molecule has 62 heavy (non-hydrogen) atoms. The zero-order valence-corrected chi connectivity index (χ0v) is 34.3. The molecule has 3 aliphatic heterocycles. The first-order valence-corrected chi connectivity index (χ1v) is 20.7. The number of halogens is 3. The summed E-state index contributed by atoms with van der Waals surface area (Å²) in [5, 5.41) is 21.4. The third-order valence-electron chi connectivity index (χ3n) is 11.6. The lowest BCUT2D eigenvalue weighted by Gasteiger charge is -2.31. The summed E-state index contributed by atoms with van der Waals surface area (Å²) in [6, 6.07) is 5.56. The molecule has 7 rings (SSSR count). The molecule has 4 aliphatic rings. The number of amides is 6. The van der Waals surface area contributed by atoms with Gasteiger partial charge in [-0.1, -0.05) is 38.2 Å². The minimum absolute atomic E-state index is 0.00365. The number of hydrogen-bond acceptors (Lipinski definition) is 13. The van der Waals surface area contributed by atoms with E-state index in [9.17, 15) is 42.7 Å². The number of ether oxygens (including phenoxy) is 1. The van der Waals surface area contributed by atoms with Crippen molar-refractivity contribution in [2.24, 2.45) is 0 Å². The lowest BCUT2D eigenvalue weighted by molar-refractivity contribution is -0.140. The van der Waals surface area contributed by atoms with Crippen LogP contribution in [0.4, 0.5) is 42.0 Å².